The maximum atomic E-state index is 12.3. The molecule has 124 valence electrons. The number of nitro groups is 1. The second kappa shape index (κ2) is 8.21. The lowest BCUT2D eigenvalue weighted by Gasteiger charge is -2.17. The highest BCUT2D eigenvalue weighted by molar-refractivity contribution is 7.89. The summed E-state index contributed by atoms with van der Waals surface area (Å²) in [5.41, 5.74) is -0.0262. The van der Waals surface area contributed by atoms with Crippen molar-refractivity contribution in [3.05, 3.63) is 33.9 Å². The van der Waals surface area contributed by atoms with Crippen molar-refractivity contribution in [2.24, 2.45) is 0 Å². The number of benzene rings is 1. The predicted molar refractivity (Wildman–Crippen MR) is 85.4 cm³/mol. The van der Waals surface area contributed by atoms with Crippen molar-refractivity contribution in [3.8, 4) is 0 Å². The Morgan fingerprint density at radius 2 is 1.91 bits per heavy atom. The van der Waals surface area contributed by atoms with Crippen molar-refractivity contribution in [2.45, 2.75) is 32.1 Å². The van der Waals surface area contributed by atoms with Crippen LogP contribution in [0.3, 0.4) is 0 Å². The summed E-state index contributed by atoms with van der Waals surface area (Å²) in [5.74, 6) is 0. The van der Waals surface area contributed by atoms with E-state index in [1.807, 2.05) is 13.8 Å². The molecule has 0 amide bonds. The minimum atomic E-state index is -3.89. The summed E-state index contributed by atoms with van der Waals surface area (Å²) in [6.07, 6.45) is 0.653. The Balaban J connectivity index is 2.82. The minimum Gasteiger partial charge on any atom is -0.304 e. The predicted octanol–water partition coefficient (Wildman–Crippen LogP) is 1.91. The molecule has 0 aliphatic carbocycles. The summed E-state index contributed by atoms with van der Waals surface area (Å²) in [5, 5.41) is 11.0. The molecule has 0 spiro atoms. The first-order valence-corrected chi connectivity index (χ1v) is 8.77. The van der Waals surface area contributed by atoms with E-state index in [4.69, 9.17) is 0 Å². The molecule has 0 aliphatic heterocycles. The van der Waals surface area contributed by atoms with E-state index >= 15 is 0 Å². The summed E-state index contributed by atoms with van der Waals surface area (Å²) in [6, 6.07) is 4.24. The van der Waals surface area contributed by atoms with Crippen LogP contribution in [-0.2, 0) is 10.0 Å². The van der Waals surface area contributed by atoms with Crippen molar-refractivity contribution in [2.75, 3.05) is 26.2 Å². The second-order valence-corrected chi connectivity index (χ2v) is 6.66. The molecule has 1 aromatic rings. The molecule has 0 aliphatic rings. The molecule has 0 heterocycles. The maximum absolute atomic E-state index is 12.3. The SMILES string of the molecule is CCN(CC)CCCNS(=O)(=O)c1c(C)cccc1[N+](=O)[O-]. The normalized spacial score (nSPS) is 11.8. The van der Waals surface area contributed by atoms with Crippen LogP contribution in [-0.4, -0.2) is 44.4 Å². The van der Waals surface area contributed by atoms with Crippen LogP contribution in [0.15, 0.2) is 23.1 Å². The largest absolute Gasteiger partial charge is 0.304 e. The summed E-state index contributed by atoms with van der Waals surface area (Å²) in [7, 11) is -3.89. The van der Waals surface area contributed by atoms with Gasteiger partial charge in [0.2, 0.25) is 10.0 Å². The van der Waals surface area contributed by atoms with Gasteiger partial charge in [0.05, 0.1) is 4.92 Å². The van der Waals surface area contributed by atoms with Crippen molar-refractivity contribution in [3.63, 3.8) is 0 Å². The van der Waals surface area contributed by atoms with Crippen LogP contribution >= 0.6 is 0 Å². The first-order chi connectivity index (χ1) is 10.3. The molecule has 8 heteroatoms. The number of hydrogen-bond donors (Lipinski definition) is 1. The number of aryl methyl sites for hydroxylation is 1. The van der Waals surface area contributed by atoms with Gasteiger partial charge in [-0.2, -0.15) is 0 Å². The third-order valence-corrected chi connectivity index (χ3v) is 5.15. The van der Waals surface area contributed by atoms with E-state index in [0.717, 1.165) is 19.6 Å². The van der Waals surface area contributed by atoms with Crippen LogP contribution in [0.4, 0.5) is 5.69 Å². The molecule has 1 aromatic carbocycles. The number of nitrogens with zero attached hydrogens (tertiary/aromatic N) is 2. The quantitative estimate of drug-likeness (QED) is 0.424. The Morgan fingerprint density at radius 1 is 1.27 bits per heavy atom. The fourth-order valence-electron chi connectivity index (χ4n) is 2.25. The van der Waals surface area contributed by atoms with Gasteiger partial charge >= 0.3 is 0 Å². The number of nitro benzene ring substituents is 1. The van der Waals surface area contributed by atoms with Crippen molar-refractivity contribution < 1.29 is 13.3 Å². The maximum Gasteiger partial charge on any atom is 0.289 e. The molecule has 0 aromatic heterocycles. The van der Waals surface area contributed by atoms with Gasteiger partial charge < -0.3 is 4.90 Å². The van der Waals surface area contributed by atoms with Gasteiger partial charge in [0, 0.05) is 12.6 Å². The number of nitrogens with one attached hydrogen (secondary N) is 1. The van der Waals surface area contributed by atoms with Gasteiger partial charge in [0.1, 0.15) is 0 Å². The van der Waals surface area contributed by atoms with Crippen LogP contribution in [0, 0.1) is 17.0 Å². The molecule has 1 rings (SSSR count). The highest BCUT2D eigenvalue weighted by Crippen LogP contribution is 2.26. The highest BCUT2D eigenvalue weighted by Gasteiger charge is 2.27. The smallest absolute Gasteiger partial charge is 0.289 e. The van der Waals surface area contributed by atoms with E-state index in [1.54, 1.807) is 13.0 Å². The van der Waals surface area contributed by atoms with Gasteiger partial charge in [-0.15, -0.1) is 0 Å². The van der Waals surface area contributed by atoms with Gasteiger partial charge in [-0.25, -0.2) is 13.1 Å². The zero-order chi connectivity index (χ0) is 16.8. The van der Waals surface area contributed by atoms with Crippen molar-refractivity contribution in [1.29, 1.82) is 0 Å². The van der Waals surface area contributed by atoms with E-state index in [2.05, 4.69) is 9.62 Å². The molecule has 0 saturated carbocycles. The Kier molecular flexibility index (Phi) is 6.92. The topological polar surface area (TPSA) is 92.6 Å². The minimum absolute atomic E-state index is 0.247. The van der Waals surface area contributed by atoms with E-state index < -0.39 is 20.6 Å². The van der Waals surface area contributed by atoms with Crippen LogP contribution in [0.25, 0.3) is 0 Å². The molecule has 0 atom stereocenters. The zero-order valence-electron chi connectivity index (χ0n) is 13.2. The van der Waals surface area contributed by atoms with E-state index in [0.29, 0.717) is 12.0 Å². The summed E-state index contributed by atoms with van der Waals surface area (Å²) < 4.78 is 27.1. The zero-order valence-corrected chi connectivity index (χ0v) is 14.0. The van der Waals surface area contributed by atoms with Gasteiger partial charge in [0.15, 0.2) is 4.90 Å². The third-order valence-electron chi connectivity index (χ3n) is 3.49. The summed E-state index contributed by atoms with van der Waals surface area (Å²) >= 11 is 0. The van der Waals surface area contributed by atoms with Crippen LogP contribution in [0.1, 0.15) is 25.8 Å². The first-order valence-electron chi connectivity index (χ1n) is 7.29. The number of hydrogen-bond acceptors (Lipinski definition) is 5. The lowest BCUT2D eigenvalue weighted by atomic mass is 10.2. The van der Waals surface area contributed by atoms with E-state index in [9.17, 15) is 18.5 Å². The fraction of sp³-hybridized carbons (Fsp3) is 0.571. The molecule has 0 unspecified atom stereocenters. The Hall–Kier alpha value is -1.51. The Morgan fingerprint density at radius 3 is 2.45 bits per heavy atom. The Bertz CT molecular complexity index is 613. The monoisotopic (exact) mass is 329 g/mol. The molecule has 0 saturated heterocycles. The average Bonchev–Trinajstić information content (AvgIpc) is 2.46. The lowest BCUT2D eigenvalue weighted by Crippen LogP contribution is -2.30. The highest BCUT2D eigenvalue weighted by atomic mass is 32.2. The van der Waals surface area contributed by atoms with Gasteiger partial charge in [0.25, 0.3) is 5.69 Å². The first kappa shape index (κ1) is 18.5. The van der Waals surface area contributed by atoms with Crippen LogP contribution in [0.2, 0.25) is 0 Å². The number of sulfonamides is 1. The van der Waals surface area contributed by atoms with Crippen molar-refractivity contribution >= 4 is 15.7 Å². The average molecular weight is 329 g/mol. The molecule has 22 heavy (non-hydrogen) atoms. The summed E-state index contributed by atoms with van der Waals surface area (Å²) in [4.78, 5) is 12.3. The van der Waals surface area contributed by atoms with Crippen LogP contribution < -0.4 is 4.72 Å². The molecule has 1 N–H and O–H groups in total. The molecular weight excluding hydrogens is 306 g/mol. The molecule has 0 fully saturated rings. The van der Waals surface area contributed by atoms with E-state index in [1.165, 1.54) is 12.1 Å². The molecular formula is C14H23N3O4S. The van der Waals surface area contributed by atoms with Crippen LogP contribution in [0.5, 0.6) is 0 Å². The summed E-state index contributed by atoms with van der Waals surface area (Å²) in [6.45, 7) is 8.50. The number of rotatable bonds is 9. The molecule has 0 radical (unpaired) electrons. The third kappa shape index (κ3) is 4.75. The Labute approximate surface area is 131 Å². The lowest BCUT2D eigenvalue weighted by molar-refractivity contribution is -0.387. The fourth-order valence-corrected chi connectivity index (χ4v) is 3.72. The van der Waals surface area contributed by atoms with E-state index in [-0.39, 0.29) is 11.4 Å². The molecule has 0 bridgehead atoms. The van der Waals surface area contributed by atoms with Gasteiger partial charge in [-0.1, -0.05) is 26.0 Å². The second-order valence-electron chi connectivity index (χ2n) is 4.96. The van der Waals surface area contributed by atoms with Gasteiger partial charge in [-0.3, -0.25) is 10.1 Å². The van der Waals surface area contributed by atoms with Gasteiger partial charge in [-0.05, 0) is 38.5 Å². The molecule has 7 nitrogen and oxygen atoms in total. The standard InChI is InChI=1S/C14H23N3O4S/c1-4-16(5-2)11-7-10-15-22(20,21)14-12(3)8-6-9-13(14)17(18)19/h6,8-9,15H,4-5,7,10-11H2,1-3H3. The van der Waals surface area contributed by atoms with Crippen molar-refractivity contribution in [1.82, 2.24) is 9.62 Å².